The van der Waals surface area contributed by atoms with E-state index >= 15 is 0 Å². The van der Waals surface area contributed by atoms with Gasteiger partial charge in [0.05, 0.1) is 22.2 Å². The van der Waals surface area contributed by atoms with Gasteiger partial charge in [0.2, 0.25) is 0 Å². The van der Waals surface area contributed by atoms with Crippen LogP contribution in [0.3, 0.4) is 0 Å². The molecule has 1 aliphatic carbocycles. The second-order valence-electron chi connectivity index (χ2n) is 6.94. The lowest BCUT2D eigenvalue weighted by atomic mass is 9.74. The van der Waals surface area contributed by atoms with Crippen LogP contribution in [0.5, 0.6) is 0 Å². The maximum atomic E-state index is 11.2. The number of nitrogen functional groups attached to an aromatic ring is 1. The molecule has 1 saturated carbocycles. The molecule has 0 unspecified atom stereocenters. The molecule has 0 spiro atoms. The fourth-order valence-electron chi connectivity index (χ4n) is 3.84. The normalized spacial score (nSPS) is 19.4. The lowest BCUT2D eigenvalue weighted by molar-refractivity contribution is -0.145. The van der Waals surface area contributed by atoms with Crippen molar-refractivity contribution in [1.82, 2.24) is 19.4 Å². The summed E-state index contributed by atoms with van der Waals surface area (Å²) in [5.41, 5.74) is 9.22. The summed E-state index contributed by atoms with van der Waals surface area (Å²) in [5.74, 6) is 0.222. The Bertz CT molecular complexity index is 1210. The molecule has 4 N–H and O–H groups in total. The predicted molar refractivity (Wildman–Crippen MR) is 103 cm³/mol. The van der Waals surface area contributed by atoms with Gasteiger partial charge in [-0.15, -0.1) is 0 Å². The third-order valence-electron chi connectivity index (χ3n) is 5.32. The van der Waals surface area contributed by atoms with E-state index in [1.54, 1.807) is 6.20 Å². The summed E-state index contributed by atoms with van der Waals surface area (Å²) in [7, 11) is 0. The number of aromatic amines is 1. The highest BCUT2D eigenvalue weighted by Crippen LogP contribution is 2.43. The van der Waals surface area contributed by atoms with Gasteiger partial charge in [-0.2, -0.15) is 0 Å². The van der Waals surface area contributed by atoms with Crippen LogP contribution in [0.1, 0.15) is 24.6 Å². The Kier molecular flexibility index (Phi) is 3.42. The molecular weight excluding hydrogens is 366 g/mol. The third-order valence-corrected chi connectivity index (χ3v) is 5.64. The predicted octanol–water partition coefficient (Wildman–Crippen LogP) is 3.69. The number of para-hydroxylation sites is 1. The molecule has 27 heavy (non-hydrogen) atoms. The first-order valence-corrected chi connectivity index (χ1v) is 9.03. The molecular formula is C19H16ClN5O2. The summed E-state index contributed by atoms with van der Waals surface area (Å²) in [6, 6.07) is 7.69. The van der Waals surface area contributed by atoms with Gasteiger partial charge in [0, 0.05) is 23.7 Å². The zero-order chi connectivity index (χ0) is 18.7. The van der Waals surface area contributed by atoms with E-state index in [0.717, 1.165) is 22.4 Å². The van der Waals surface area contributed by atoms with E-state index < -0.39 is 5.97 Å². The molecule has 5 rings (SSSR count). The number of carboxylic acids is 1. The van der Waals surface area contributed by atoms with Crippen molar-refractivity contribution >= 4 is 39.8 Å². The van der Waals surface area contributed by atoms with E-state index in [1.165, 1.54) is 0 Å². The highest BCUT2D eigenvalue weighted by atomic mass is 35.5. The number of aromatic nitrogens is 4. The van der Waals surface area contributed by atoms with Gasteiger partial charge in [-0.05, 0) is 25.0 Å². The van der Waals surface area contributed by atoms with Crippen LogP contribution in [0.25, 0.3) is 27.8 Å². The fraction of sp³-hybridized carbons (Fsp3) is 0.211. The van der Waals surface area contributed by atoms with E-state index in [0.29, 0.717) is 34.9 Å². The highest BCUT2D eigenvalue weighted by molar-refractivity contribution is 6.35. The molecule has 0 radical (unpaired) electrons. The number of imidazole rings is 1. The van der Waals surface area contributed by atoms with Crippen LogP contribution in [0.2, 0.25) is 5.02 Å². The van der Waals surface area contributed by atoms with Crippen LogP contribution in [-0.4, -0.2) is 30.4 Å². The molecule has 7 nitrogen and oxygen atoms in total. The number of fused-ring (bicyclic) bond motifs is 2. The molecule has 1 aromatic carbocycles. The first kappa shape index (κ1) is 16.1. The number of carbonyl (C=O) groups is 1. The van der Waals surface area contributed by atoms with Crippen molar-refractivity contribution in [3.8, 4) is 11.4 Å². The molecule has 1 fully saturated rings. The number of nitrogens with zero attached hydrogens (tertiary/aromatic N) is 3. The van der Waals surface area contributed by atoms with Gasteiger partial charge in [-0.3, -0.25) is 9.20 Å². The molecule has 0 amide bonds. The van der Waals surface area contributed by atoms with Gasteiger partial charge >= 0.3 is 5.97 Å². The van der Waals surface area contributed by atoms with E-state index in [-0.39, 0.29) is 11.8 Å². The average Bonchev–Trinajstić information content (AvgIpc) is 3.17. The molecule has 4 aromatic rings. The number of nitrogens with one attached hydrogen (secondary N) is 1. The van der Waals surface area contributed by atoms with Gasteiger partial charge in [0.25, 0.3) is 0 Å². The second-order valence-corrected chi connectivity index (χ2v) is 7.35. The maximum Gasteiger partial charge on any atom is 0.306 e. The lowest BCUT2D eigenvalue weighted by Crippen LogP contribution is -2.29. The number of nitrogens with two attached hydrogens (primary N) is 1. The Labute approximate surface area is 158 Å². The van der Waals surface area contributed by atoms with E-state index in [9.17, 15) is 9.90 Å². The minimum Gasteiger partial charge on any atom is -0.481 e. The first-order chi connectivity index (χ1) is 13.0. The number of anilines is 1. The number of H-pyrrole nitrogens is 1. The number of rotatable bonds is 3. The molecule has 136 valence electrons. The summed E-state index contributed by atoms with van der Waals surface area (Å²) < 4.78 is 1.92. The Morgan fingerprint density at radius 1 is 1.37 bits per heavy atom. The molecule has 0 atom stereocenters. The van der Waals surface area contributed by atoms with Gasteiger partial charge < -0.3 is 15.8 Å². The Hall–Kier alpha value is -3.06. The Morgan fingerprint density at radius 2 is 2.19 bits per heavy atom. The number of halogens is 1. The molecule has 0 saturated heterocycles. The molecule has 0 bridgehead atoms. The minimum absolute atomic E-state index is 0.0853. The van der Waals surface area contributed by atoms with Crippen molar-refractivity contribution in [2.75, 3.05) is 5.73 Å². The smallest absolute Gasteiger partial charge is 0.306 e. The minimum atomic E-state index is -0.751. The van der Waals surface area contributed by atoms with E-state index in [4.69, 9.17) is 22.3 Å². The zero-order valence-corrected chi connectivity index (χ0v) is 14.9. The molecule has 3 aromatic heterocycles. The Morgan fingerprint density at radius 3 is 2.93 bits per heavy atom. The summed E-state index contributed by atoms with van der Waals surface area (Å²) in [6.07, 6.45) is 4.61. The quantitative estimate of drug-likeness (QED) is 0.501. The summed E-state index contributed by atoms with van der Waals surface area (Å²) in [4.78, 5) is 23.5. The number of benzene rings is 1. The van der Waals surface area contributed by atoms with Crippen molar-refractivity contribution in [3.05, 3.63) is 47.5 Å². The maximum absolute atomic E-state index is 11.2. The van der Waals surface area contributed by atoms with Gasteiger partial charge in [0.15, 0.2) is 0 Å². The first-order valence-electron chi connectivity index (χ1n) is 8.65. The summed E-state index contributed by atoms with van der Waals surface area (Å²) in [5, 5.41) is 10.8. The van der Waals surface area contributed by atoms with Crippen molar-refractivity contribution in [2.24, 2.45) is 5.92 Å². The fourth-order valence-corrected chi connectivity index (χ4v) is 4.07. The SMILES string of the molecule is Nc1nccn2c1c(-c1cc3cccc(Cl)c3[nH]1)nc2[C@H]1C[C@@H](C(=O)O)C1. The summed E-state index contributed by atoms with van der Waals surface area (Å²) >= 11 is 6.29. The standard InChI is InChI=1S/C19H16ClN5O2/c20-12-3-1-2-9-8-13(23-14(9)12)15-16-17(21)22-4-5-25(16)18(24-15)10-6-11(7-10)19(26)27/h1-5,8,10-11,23H,6-7H2,(H2,21,22)(H,26,27)/t10-,11+. The van der Waals surface area contributed by atoms with Gasteiger partial charge in [-0.25, -0.2) is 9.97 Å². The Balaban J connectivity index is 1.68. The van der Waals surface area contributed by atoms with Crippen LogP contribution in [0, 0.1) is 5.92 Å². The molecule has 3 heterocycles. The van der Waals surface area contributed by atoms with Crippen LogP contribution < -0.4 is 5.73 Å². The van der Waals surface area contributed by atoms with Crippen molar-refractivity contribution in [3.63, 3.8) is 0 Å². The monoisotopic (exact) mass is 381 g/mol. The molecule has 0 aliphatic heterocycles. The van der Waals surface area contributed by atoms with E-state index in [1.807, 2.05) is 34.9 Å². The van der Waals surface area contributed by atoms with Crippen LogP contribution in [-0.2, 0) is 4.79 Å². The van der Waals surface area contributed by atoms with Crippen molar-refractivity contribution < 1.29 is 9.90 Å². The van der Waals surface area contributed by atoms with Gasteiger partial charge in [-0.1, -0.05) is 23.7 Å². The van der Waals surface area contributed by atoms with Crippen molar-refractivity contribution in [2.45, 2.75) is 18.8 Å². The lowest BCUT2D eigenvalue weighted by Gasteiger charge is -2.31. The number of carboxylic acid groups (broad SMARTS) is 1. The molecule has 1 aliphatic rings. The number of hydrogen-bond donors (Lipinski definition) is 3. The second kappa shape index (κ2) is 5.72. The van der Waals surface area contributed by atoms with Crippen LogP contribution in [0.15, 0.2) is 36.7 Å². The topological polar surface area (TPSA) is 109 Å². The number of hydrogen-bond acceptors (Lipinski definition) is 4. The average molecular weight is 382 g/mol. The van der Waals surface area contributed by atoms with Crippen molar-refractivity contribution in [1.29, 1.82) is 0 Å². The zero-order valence-electron chi connectivity index (χ0n) is 14.2. The van der Waals surface area contributed by atoms with Crippen LogP contribution in [0.4, 0.5) is 5.82 Å². The molecule has 8 heteroatoms. The van der Waals surface area contributed by atoms with Gasteiger partial charge in [0.1, 0.15) is 22.9 Å². The van der Waals surface area contributed by atoms with E-state index in [2.05, 4.69) is 9.97 Å². The number of aliphatic carboxylic acids is 1. The largest absolute Gasteiger partial charge is 0.481 e. The van der Waals surface area contributed by atoms with Crippen LogP contribution >= 0.6 is 11.6 Å². The highest BCUT2D eigenvalue weighted by Gasteiger charge is 2.38. The third kappa shape index (κ3) is 2.39. The summed E-state index contributed by atoms with van der Waals surface area (Å²) in [6.45, 7) is 0.